The van der Waals surface area contributed by atoms with Crippen LogP contribution in [0.3, 0.4) is 0 Å². The van der Waals surface area contributed by atoms with Gasteiger partial charge >= 0.3 is 0 Å². The Morgan fingerprint density at radius 2 is 2.38 bits per heavy atom. The van der Waals surface area contributed by atoms with Crippen LogP contribution < -0.4 is 5.32 Å². The molecule has 1 unspecified atom stereocenters. The standard InChI is InChI=1S/C12H13ClN2O/c1-9(11-3-2-5-14-12(11)13)15-7-10-4-6-16-8-10/h2-6,8-9,15H,7H2,1H3. The second kappa shape index (κ2) is 5.14. The number of pyridine rings is 1. The van der Waals surface area contributed by atoms with Crippen molar-refractivity contribution in [3.8, 4) is 0 Å². The summed E-state index contributed by atoms with van der Waals surface area (Å²) in [6.07, 6.45) is 5.08. The highest BCUT2D eigenvalue weighted by atomic mass is 35.5. The minimum Gasteiger partial charge on any atom is -0.472 e. The highest BCUT2D eigenvalue weighted by Gasteiger charge is 2.09. The molecule has 4 heteroatoms. The summed E-state index contributed by atoms with van der Waals surface area (Å²) in [7, 11) is 0. The van der Waals surface area contributed by atoms with Crippen LogP contribution >= 0.6 is 11.6 Å². The molecule has 0 aliphatic rings. The lowest BCUT2D eigenvalue weighted by atomic mass is 10.1. The molecule has 0 fully saturated rings. The predicted molar refractivity (Wildman–Crippen MR) is 63.2 cm³/mol. The Balaban J connectivity index is 1.98. The van der Waals surface area contributed by atoms with Gasteiger partial charge in [0.2, 0.25) is 0 Å². The molecule has 1 atom stereocenters. The highest BCUT2D eigenvalue weighted by molar-refractivity contribution is 6.30. The zero-order chi connectivity index (χ0) is 11.4. The third-order valence-corrected chi connectivity index (χ3v) is 2.76. The van der Waals surface area contributed by atoms with Crippen LogP contribution in [-0.4, -0.2) is 4.98 Å². The van der Waals surface area contributed by atoms with Crippen molar-refractivity contribution in [2.45, 2.75) is 19.5 Å². The summed E-state index contributed by atoms with van der Waals surface area (Å²) in [5.74, 6) is 0. The van der Waals surface area contributed by atoms with E-state index in [0.29, 0.717) is 5.15 Å². The first kappa shape index (κ1) is 11.2. The second-order valence-electron chi connectivity index (χ2n) is 3.62. The maximum absolute atomic E-state index is 6.01. The lowest BCUT2D eigenvalue weighted by Crippen LogP contribution is -2.18. The van der Waals surface area contributed by atoms with E-state index in [1.54, 1.807) is 18.7 Å². The molecule has 2 aromatic heterocycles. The third kappa shape index (κ3) is 2.62. The molecule has 0 bridgehead atoms. The SMILES string of the molecule is CC(NCc1ccoc1)c1cccnc1Cl. The topological polar surface area (TPSA) is 38.1 Å². The molecule has 0 spiro atoms. The molecular formula is C12H13ClN2O. The fraction of sp³-hybridized carbons (Fsp3) is 0.250. The molecule has 0 saturated carbocycles. The van der Waals surface area contributed by atoms with Gasteiger partial charge in [0.1, 0.15) is 5.15 Å². The summed E-state index contributed by atoms with van der Waals surface area (Å²) in [5.41, 5.74) is 2.12. The van der Waals surface area contributed by atoms with Crippen molar-refractivity contribution < 1.29 is 4.42 Å². The van der Waals surface area contributed by atoms with Crippen LogP contribution in [0.4, 0.5) is 0 Å². The second-order valence-corrected chi connectivity index (χ2v) is 3.98. The summed E-state index contributed by atoms with van der Waals surface area (Å²) < 4.78 is 5.00. The number of hydrogen-bond acceptors (Lipinski definition) is 3. The fourth-order valence-electron chi connectivity index (χ4n) is 1.50. The molecule has 1 N–H and O–H groups in total. The largest absolute Gasteiger partial charge is 0.472 e. The first-order valence-corrected chi connectivity index (χ1v) is 5.50. The number of furan rings is 1. The van der Waals surface area contributed by atoms with Crippen molar-refractivity contribution in [3.05, 3.63) is 53.2 Å². The van der Waals surface area contributed by atoms with Gasteiger partial charge in [0.25, 0.3) is 0 Å². The Morgan fingerprint density at radius 3 is 3.06 bits per heavy atom. The minimum absolute atomic E-state index is 0.163. The van der Waals surface area contributed by atoms with E-state index in [1.165, 1.54) is 0 Å². The first-order valence-electron chi connectivity index (χ1n) is 5.12. The lowest BCUT2D eigenvalue weighted by Gasteiger charge is -2.14. The molecular weight excluding hydrogens is 224 g/mol. The quantitative estimate of drug-likeness (QED) is 0.829. The van der Waals surface area contributed by atoms with Crippen LogP contribution in [0.15, 0.2) is 41.3 Å². The molecule has 0 saturated heterocycles. The average Bonchev–Trinajstić information content (AvgIpc) is 2.79. The van der Waals surface area contributed by atoms with Gasteiger partial charge in [0, 0.05) is 29.9 Å². The maximum atomic E-state index is 6.01. The zero-order valence-electron chi connectivity index (χ0n) is 8.98. The van der Waals surface area contributed by atoms with Crippen molar-refractivity contribution in [1.29, 1.82) is 0 Å². The normalized spacial score (nSPS) is 12.6. The average molecular weight is 237 g/mol. The van der Waals surface area contributed by atoms with E-state index >= 15 is 0 Å². The summed E-state index contributed by atoms with van der Waals surface area (Å²) in [4.78, 5) is 4.05. The van der Waals surface area contributed by atoms with Gasteiger partial charge in [0.15, 0.2) is 0 Å². The first-order chi connectivity index (χ1) is 7.77. The van der Waals surface area contributed by atoms with E-state index < -0.39 is 0 Å². The Bertz CT molecular complexity index is 442. The van der Waals surface area contributed by atoms with Gasteiger partial charge in [-0.15, -0.1) is 0 Å². The van der Waals surface area contributed by atoms with E-state index in [1.807, 2.05) is 18.2 Å². The molecule has 84 valence electrons. The molecule has 2 aromatic rings. The van der Waals surface area contributed by atoms with E-state index in [2.05, 4.69) is 17.2 Å². The van der Waals surface area contributed by atoms with Gasteiger partial charge in [-0.2, -0.15) is 0 Å². The smallest absolute Gasteiger partial charge is 0.133 e. The number of halogens is 1. The van der Waals surface area contributed by atoms with Crippen LogP contribution in [0.1, 0.15) is 24.1 Å². The Morgan fingerprint density at radius 1 is 1.50 bits per heavy atom. The van der Waals surface area contributed by atoms with Crippen LogP contribution in [0.5, 0.6) is 0 Å². The van der Waals surface area contributed by atoms with Gasteiger partial charge in [-0.3, -0.25) is 0 Å². The summed E-state index contributed by atoms with van der Waals surface area (Å²) >= 11 is 6.01. The van der Waals surface area contributed by atoms with Crippen molar-refractivity contribution >= 4 is 11.6 Å². The van der Waals surface area contributed by atoms with Crippen molar-refractivity contribution in [2.75, 3.05) is 0 Å². The number of nitrogens with one attached hydrogen (secondary N) is 1. The minimum atomic E-state index is 0.163. The number of nitrogens with zero attached hydrogens (tertiary/aromatic N) is 1. The number of rotatable bonds is 4. The highest BCUT2D eigenvalue weighted by Crippen LogP contribution is 2.20. The van der Waals surface area contributed by atoms with Crippen LogP contribution in [0.25, 0.3) is 0 Å². The van der Waals surface area contributed by atoms with Crippen LogP contribution in [0.2, 0.25) is 5.15 Å². The molecule has 0 amide bonds. The Labute approximate surface area is 99.5 Å². The van der Waals surface area contributed by atoms with E-state index in [4.69, 9.17) is 16.0 Å². The maximum Gasteiger partial charge on any atom is 0.133 e. The Hall–Kier alpha value is -1.32. The predicted octanol–water partition coefficient (Wildman–Crippen LogP) is 3.18. The third-order valence-electron chi connectivity index (χ3n) is 2.45. The molecule has 0 aliphatic heterocycles. The molecule has 16 heavy (non-hydrogen) atoms. The summed E-state index contributed by atoms with van der Waals surface area (Å²) in [6.45, 7) is 2.81. The monoisotopic (exact) mass is 236 g/mol. The van der Waals surface area contributed by atoms with Gasteiger partial charge < -0.3 is 9.73 Å². The van der Waals surface area contributed by atoms with Crippen molar-refractivity contribution in [1.82, 2.24) is 10.3 Å². The molecule has 0 aliphatic carbocycles. The summed E-state index contributed by atoms with van der Waals surface area (Å²) in [5, 5.41) is 3.91. The molecule has 0 aromatic carbocycles. The van der Waals surface area contributed by atoms with Crippen molar-refractivity contribution in [3.63, 3.8) is 0 Å². The summed E-state index contributed by atoms with van der Waals surface area (Å²) in [6, 6.07) is 5.96. The molecule has 2 rings (SSSR count). The van der Waals surface area contributed by atoms with Crippen LogP contribution in [0, 0.1) is 0 Å². The van der Waals surface area contributed by atoms with E-state index in [9.17, 15) is 0 Å². The lowest BCUT2D eigenvalue weighted by molar-refractivity contribution is 0.546. The van der Waals surface area contributed by atoms with Gasteiger partial charge in [-0.25, -0.2) is 4.98 Å². The molecule has 3 nitrogen and oxygen atoms in total. The molecule has 2 heterocycles. The number of aromatic nitrogens is 1. The van der Waals surface area contributed by atoms with Crippen molar-refractivity contribution in [2.24, 2.45) is 0 Å². The number of hydrogen-bond donors (Lipinski definition) is 1. The van der Waals surface area contributed by atoms with E-state index in [0.717, 1.165) is 17.7 Å². The zero-order valence-corrected chi connectivity index (χ0v) is 9.74. The van der Waals surface area contributed by atoms with Gasteiger partial charge in [0.05, 0.1) is 12.5 Å². The Kier molecular flexibility index (Phi) is 3.59. The van der Waals surface area contributed by atoms with Gasteiger partial charge in [-0.1, -0.05) is 17.7 Å². The van der Waals surface area contributed by atoms with Crippen LogP contribution in [-0.2, 0) is 6.54 Å². The van der Waals surface area contributed by atoms with E-state index in [-0.39, 0.29) is 6.04 Å². The van der Waals surface area contributed by atoms with Gasteiger partial charge in [-0.05, 0) is 19.1 Å². The fourth-order valence-corrected chi connectivity index (χ4v) is 1.78. The molecule has 0 radical (unpaired) electrons.